The first-order valence-electron chi connectivity index (χ1n) is 8.07. The average Bonchev–Trinajstić information content (AvgIpc) is 3.08. The Labute approximate surface area is 155 Å². The number of thiophene rings is 1. The molecular weight excluding hydrogens is 356 g/mol. The molecule has 3 aromatic rings. The van der Waals surface area contributed by atoms with E-state index in [2.05, 4.69) is 14.9 Å². The van der Waals surface area contributed by atoms with E-state index in [4.69, 9.17) is 21.3 Å². The number of hydrogen-bond acceptors (Lipinski definition) is 6. The molecule has 3 aromatic heterocycles. The van der Waals surface area contributed by atoms with Crippen molar-refractivity contribution in [2.24, 2.45) is 0 Å². The zero-order valence-electron chi connectivity index (χ0n) is 13.7. The van der Waals surface area contributed by atoms with Crippen molar-refractivity contribution in [1.29, 1.82) is 0 Å². The fourth-order valence-corrected chi connectivity index (χ4v) is 3.97. The van der Waals surface area contributed by atoms with E-state index in [-0.39, 0.29) is 6.10 Å². The van der Waals surface area contributed by atoms with Crippen molar-refractivity contribution in [2.45, 2.75) is 13.0 Å². The SMILES string of the molecule is Cc1cc(N2CCO[C@@H](c3ccc(Cl)s3)C2)nc(-c2cccnc2)n1. The van der Waals surface area contributed by atoms with Gasteiger partial charge in [0.2, 0.25) is 0 Å². The van der Waals surface area contributed by atoms with Gasteiger partial charge in [0.25, 0.3) is 0 Å². The molecule has 0 aromatic carbocycles. The molecule has 4 rings (SSSR count). The maximum atomic E-state index is 6.07. The van der Waals surface area contributed by atoms with Crippen LogP contribution in [0.3, 0.4) is 0 Å². The quantitative estimate of drug-likeness (QED) is 0.691. The number of halogens is 1. The highest BCUT2D eigenvalue weighted by molar-refractivity contribution is 7.16. The van der Waals surface area contributed by atoms with E-state index in [1.165, 1.54) is 0 Å². The van der Waals surface area contributed by atoms with E-state index in [1.807, 2.05) is 37.3 Å². The first-order chi connectivity index (χ1) is 12.2. The molecule has 0 aliphatic carbocycles. The monoisotopic (exact) mass is 372 g/mol. The molecule has 5 nitrogen and oxygen atoms in total. The van der Waals surface area contributed by atoms with Crippen molar-refractivity contribution in [3.8, 4) is 11.4 Å². The standard InChI is InChI=1S/C18H17ClN4OS/c1-12-9-17(22-18(21-12)13-3-2-6-20-10-13)23-7-8-24-14(11-23)15-4-5-16(19)25-15/h2-6,9-10,14H,7-8,11H2,1H3/t14-/m1/s1. The van der Waals surface area contributed by atoms with Crippen LogP contribution in [0.25, 0.3) is 11.4 Å². The normalized spacial score (nSPS) is 17.7. The Bertz CT molecular complexity index is 871. The minimum Gasteiger partial charge on any atom is -0.369 e. The largest absolute Gasteiger partial charge is 0.369 e. The Kier molecular flexibility index (Phi) is 4.65. The Balaban J connectivity index is 1.61. The lowest BCUT2D eigenvalue weighted by molar-refractivity contribution is 0.0418. The Morgan fingerprint density at radius 2 is 2.20 bits per heavy atom. The van der Waals surface area contributed by atoms with E-state index in [1.54, 1.807) is 23.7 Å². The summed E-state index contributed by atoms with van der Waals surface area (Å²) in [5.41, 5.74) is 1.85. The smallest absolute Gasteiger partial charge is 0.163 e. The molecule has 25 heavy (non-hydrogen) atoms. The van der Waals surface area contributed by atoms with Crippen LogP contribution in [0.5, 0.6) is 0 Å². The maximum Gasteiger partial charge on any atom is 0.163 e. The lowest BCUT2D eigenvalue weighted by Crippen LogP contribution is -2.38. The van der Waals surface area contributed by atoms with Crippen LogP contribution in [0.15, 0.2) is 42.7 Å². The van der Waals surface area contributed by atoms with Gasteiger partial charge in [0.15, 0.2) is 5.82 Å². The highest BCUT2D eigenvalue weighted by atomic mass is 35.5. The van der Waals surface area contributed by atoms with Gasteiger partial charge in [0, 0.05) is 41.1 Å². The van der Waals surface area contributed by atoms with Crippen molar-refractivity contribution >= 4 is 28.8 Å². The third-order valence-electron chi connectivity index (χ3n) is 4.06. The number of pyridine rings is 1. The fourth-order valence-electron chi connectivity index (χ4n) is 2.87. The number of ether oxygens (including phenoxy) is 1. The molecular formula is C18H17ClN4OS. The summed E-state index contributed by atoms with van der Waals surface area (Å²) < 4.78 is 6.72. The molecule has 1 saturated heterocycles. The van der Waals surface area contributed by atoms with Gasteiger partial charge in [-0.05, 0) is 31.2 Å². The molecule has 1 fully saturated rings. The van der Waals surface area contributed by atoms with Crippen LogP contribution >= 0.6 is 22.9 Å². The van der Waals surface area contributed by atoms with Gasteiger partial charge >= 0.3 is 0 Å². The summed E-state index contributed by atoms with van der Waals surface area (Å²) in [6, 6.07) is 9.84. The molecule has 1 aliphatic heterocycles. The molecule has 7 heteroatoms. The highest BCUT2D eigenvalue weighted by Gasteiger charge is 2.24. The number of aryl methyl sites for hydroxylation is 1. The first kappa shape index (κ1) is 16.4. The van der Waals surface area contributed by atoms with Gasteiger partial charge in [-0.2, -0.15) is 0 Å². The van der Waals surface area contributed by atoms with Crippen molar-refractivity contribution in [3.63, 3.8) is 0 Å². The number of hydrogen-bond donors (Lipinski definition) is 0. The second-order valence-corrected chi connectivity index (χ2v) is 7.63. The molecule has 0 N–H and O–H groups in total. The third-order valence-corrected chi connectivity index (χ3v) is 5.39. The Hall–Kier alpha value is -2.02. The third kappa shape index (κ3) is 3.66. The second kappa shape index (κ2) is 7.07. The fraction of sp³-hybridized carbons (Fsp3) is 0.278. The summed E-state index contributed by atoms with van der Waals surface area (Å²) in [4.78, 5) is 16.9. The summed E-state index contributed by atoms with van der Waals surface area (Å²) in [5.74, 6) is 1.62. The van der Waals surface area contributed by atoms with Crippen LogP contribution in [0.1, 0.15) is 16.7 Å². The van der Waals surface area contributed by atoms with Gasteiger partial charge in [-0.3, -0.25) is 4.98 Å². The van der Waals surface area contributed by atoms with Crippen LogP contribution in [0.4, 0.5) is 5.82 Å². The molecule has 128 valence electrons. The van der Waals surface area contributed by atoms with Crippen molar-refractivity contribution in [2.75, 3.05) is 24.6 Å². The van der Waals surface area contributed by atoms with Crippen LogP contribution < -0.4 is 4.90 Å². The Morgan fingerprint density at radius 1 is 1.28 bits per heavy atom. The van der Waals surface area contributed by atoms with Crippen molar-refractivity contribution in [3.05, 3.63) is 57.6 Å². The van der Waals surface area contributed by atoms with E-state index < -0.39 is 0 Å². The van der Waals surface area contributed by atoms with Gasteiger partial charge in [-0.15, -0.1) is 11.3 Å². The van der Waals surface area contributed by atoms with E-state index in [9.17, 15) is 0 Å². The molecule has 0 bridgehead atoms. The first-order valence-corrected chi connectivity index (χ1v) is 9.26. The van der Waals surface area contributed by atoms with E-state index in [0.29, 0.717) is 12.4 Å². The lowest BCUT2D eigenvalue weighted by Gasteiger charge is -2.33. The molecule has 0 spiro atoms. The maximum absolute atomic E-state index is 6.07. The van der Waals surface area contributed by atoms with Gasteiger partial charge < -0.3 is 9.64 Å². The van der Waals surface area contributed by atoms with Gasteiger partial charge in [0.1, 0.15) is 11.9 Å². The minimum atomic E-state index is 0.0170. The number of rotatable bonds is 3. The van der Waals surface area contributed by atoms with E-state index >= 15 is 0 Å². The summed E-state index contributed by atoms with van der Waals surface area (Å²) in [6.45, 7) is 4.20. The van der Waals surface area contributed by atoms with Crippen molar-refractivity contribution < 1.29 is 4.74 Å². The summed E-state index contributed by atoms with van der Waals surface area (Å²) in [7, 11) is 0. The summed E-state index contributed by atoms with van der Waals surface area (Å²) in [6.07, 6.45) is 3.55. The molecule has 1 atom stereocenters. The zero-order valence-corrected chi connectivity index (χ0v) is 15.3. The number of anilines is 1. The molecule has 0 saturated carbocycles. The average molecular weight is 373 g/mol. The molecule has 0 radical (unpaired) electrons. The van der Waals surface area contributed by atoms with Crippen molar-refractivity contribution in [1.82, 2.24) is 15.0 Å². The lowest BCUT2D eigenvalue weighted by atomic mass is 10.2. The summed E-state index contributed by atoms with van der Waals surface area (Å²) in [5, 5.41) is 0. The highest BCUT2D eigenvalue weighted by Crippen LogP contribution is 2.32. The predicted octanol–water partition coefficient (Wildman–Crippen LogP) is 4.14. The molecule has 0 amide bonds. The number of morpholine rings is 1. The minimum absolute atomic E-state index is 0.0170. The van der Waals surface area contributed by atoms with Gasteiger partial charge in [0.05, 0.1) is 17.5 Å². The number of aromatic nitrogens is 3. The van der Waals surface area contributed by atoms with Gasteiger partial charge in [-0.1, -0.05) is 11.6 Å². The number of nitrogens with zero attached hydrogens (tertiary/aromatic N) is 4. The predicted molar refractivity (Wildman–Crippen MR) is 100 cm³/mol. The zero-order chi connectivity index (χ0) is 17.2. The molecule has 4 heterocycles. The summed E-state index contributed by atoms with van der Waals surface area (Å²) >= 11 is 7.63. The molecule has 1 aliphatic rings. The topological polar surface area (TPSA) is 51.1 Å². The van der Waals surface area contributed by atoms with E-state index in [0.717, 1.165) is 39.4 Å². The van der Waals surface area contributed by atoms with Crippen LogP contribution in [-0.2, 0) is 4.74 Å². The second-order valence-electron chi connectivity index (χ2n) is 5.88. The Morgan fingerprint density at radius 3 is 2.96 bits per heavy atom. The molecule has 0 unspecified atom stereocenters. The van der Waals surface area contributed by atoms with Gasteiger partial charge in [-0.25, -0.2) is 9.97 Å². The van der Waals surface area contributed by atoms with Crippen LogP contribution in [0, 0.1) is 6.92 Å². The van der Waals surface area contributed by atoms with Crippen LogP contribution in [-0.4, -0.2) is 34.6 Å². The van der Waals surface area contributed by atoms with Crippen LogP contribution in [0.2, 0.25) is 4.34 Å².